The molecule has 0 spiro atoms. The lowest BCUT2D eigenvalue weighted by atomic mass is 10.1. The van der Waals surface area contributed by atoms with Crippen LogP contribution >= 0.6 is 45.2 Å². The van der Waals surface area contributed by atoms with E-state index in [4.69, 9.17) is 0 Å². The molecule has 0 rings (SSSR count). The Morgan fingerprint density at radius 1 is 1.00 bits per heavy atom. The highest BCUT2D eigenvalue weighted by Crippen LogP contribution is 2.23. The van der Waals surface area contributed by atoms with Gasteiger partial charge in [-0.1, -0.05) is 78.3 Å². The fourth-order valence-corrected chi connectivity index (χ4v) is 2.33. The maximum atomic E-state index is 2.60. The molecular formula is C9H18I2. The summed E-state index contributed by atoms with van der Waals surface area (Å²) < 4.78 is 1.77. The van der Waals surface area contributed by atoms with Crippen molar-refractivity contribution in [3.63, 3.8) is 0 Å². The predicted molar refractivity (Wildman–Crippen MR) is 70.0 cm³/mol. The Kier molecular flexibility index (Phi) is 9.15. The molecule has 0 N–H and O–H groups in total. The lowest BCUT2D eigenvalue weighted by Gasteiger charge is -2.14. The zero-order chi connectivity index (χ0) is 8.69. The molecule has 11 heavy (non-hydrogen) atoms. The van der Waals surface area contributed by atoms with Gasteiger partial charge in [0, 0.05) is 7.85 Å². The fraction of sp³-hybridized carbons (Fsp3) is 1.00. The number of hydrogen-bond acceptors (Lipinski definition) is 0. The molecule has 0 saturated heterocycles. The SMILES string of the molecule is CCCCCC(I)C(I)CC. The van der Waals surface area contributed by atoms with E-state index in [1.165, 1.54) is 32.1 Å². The van der Waals surface area contributed by atoms with Crippen molar-refractivity contribution >= 4 is 45.2 Å². The van der Waals surface area contributed by atoms with Crippen LogP contribution in [0.15, 0.2) is 0 Å². The fourth-order valence-electron chi connectivity index (χ4n) is 1.03. The van der Waals surface area contributed by atoms with Gasteiger partial charge in [0.2, 0.25) is 0 Å². The van der Waals surface area contributed by atoms with E-state index < -0.39 is 0 Å². The molecule has 0 saturated carbocycles. The first-order chi connectivity index (χ1) is 5.22. The average Bonchev–Trinajstić information content (AvgIpc) is 2.03. The number of rotatable bonds is 6. The minimum Gasteiger partial charge on any atom is -0.0815 e. The van der Waals surface area contributed by atoms with E-state index in [2.05, 4.69) is 59.0 Å². The predicted octanol–water partition coefficient (Wildman–Crippen LogP) is 4.58. The first kappa shape index (κ1) is 12.5. The lowest BCUT2D eigenvalue weighted by molar-refractivity contribution is 0.642. The second kappa shape index (κ2) is 8.08. The zero-order valence-electron chi connectivity index (χ0n) is 7.45. The van der Waals surface area contributed by atoms with E-state index in [9.17, 15) is 0 Å². The third kappa shape index (κ3) is 6.61. The first-order valence-electron chi connectivity index (χ1n) is 4.50. The van der Waals surface area contributed by atoms with Crippen LogP contribution in [0.25, 0.3) is 0 Å². The van der Waals surface area contributed by atoms with E-state index >= 15 is 0 Å². The van der Waals surface area contributed by atoms with Crippen molar-refractivity contribution in [2.24, 2.45) is 0 Å². The summed E-state index contributed by atoms with van der Waals surface area (Å²) in [7, 11) is 0. The third-order valence-electron chi connectivity index (χ3n) is 1.87. The van der Waals surface area contributed by atoms with Gasteiger partial charge in [0.05, 0.1) is 0 Å². The molecule has 0 aliphatic rings. The molecular weight excluding hydrogens is 362 g/mol. The standard InChI is InChI=1S/C9H18I2/c1-3-5-6-7-9(11)8(10)4-2/h8-9H,3-7H2,1-2H3. The Labute approximate surface area is 98.2 Å². The summed E-state index contributed by atoms with van der Waals surface area (Å²) in [6.45, 7) is 4.55. The van der Waals surface area contributed by atoms with Crippen LogP contribution in [0.3, 0.4) is 0 Å². The molecule has 0 fully saturated rings. The molecule has 0 radical (unpaired) electrons. The summed E-state index contributed by atoms with van der Waals surface area (Å²) in [6.07, 6.45) is 6.91. The van der Waals surface area contributed by atoms with Crippen LogP contribution in [0.2, 0.25) is 0 Å². The van der Waals surface area contributed by atoms with Gasteiger partial charge in [-0.3, -0.25) is 0 Å². The van der Waals surface area contributed by atoms with Gasteiger partial charge >= 0.3 is 0 Å². The molecule has 2 heteroatoms. The van der Waals surface area contributed by atoms with E-state index in [1.807, 2.05) is 0 Å². The summed E-state index contributed by atoms with van der Waals surface area (Å²) in [5.74, 6) is 0. The number of halogens is 2. The summed E-state index contributed by atoms with van der Waals surface area (Å²) >= 11 is 5.18. The minimum absolute atomic E-state index is 0.880. The summed E-state index contributed by atoms with van der Waals surface area (Å²) in [6, 6.07) is 0. The maximum absolute atomic E-state index is 2.60. The van der Waals surface area contributed by atoms with Crippen molar-refractivity contribution in [3.05, 3.63) is 0 Å². The lowest BCUT2D eigenvalue weighted by Crippen LogP contribution is -2.11. The molecule has 2 unspecified atom stereocenters. The average molecular weight is 380 g/mol. The molecule has 0 aliphatic carbocycles. The van der Waals surface area contributed by atoms with Gasteiger partial charge in [-0.15, -0.1) is 0 Å². The molecule has 0 amide bonds. The van der Waals surface area contributed by atoms with Crippen LogP contribution in [0, 0.1) is 0 Å². The van der Waals surface area contributed by atoms with E-state index in [0.29, 0.717) is 0 Å². The van der Waals surface area contributed by atoms with Crippen molar-refractivity contribution in [1.29, 1.82) is 0 Å². The van der Waals surface area contributed by atoms with Crippen molar-refractivity contribution in [2.75, 3.05) is 0 Å². The van der Waals surface area contributed by atoms with Gasteiger partial charge in [-0.05, 0) is 12.8 Å². The number of alkyl halides is 2. The van der Waals surface area contributed by atoms with Crippen LogP contribution in [0.1, 0.15) is 46.0 Å². The Hall–Kier alpha value is 1.46. The van der Waals surface area contributed by atoms with Crippen molar-refractivity contribution < 1.29 is 0 Å². The molecule has 0 aliphatic heterocycles. The number of unbranched alkanes of at least 4 members (excludes halogenated alkanes) is 2. The third-order valence-corrected chi connectivity index (χ3v) is 6.48. The van der Waals surface area contributed by atoms with Gasteiger partial charge in [0.1, 0.15) is 0 Å². The summed E-state index contributed by atoms with van der Waals surface area (Å²) in [5.41, 5.74) is 0. The molecule has 0 nitrogen and oxygen atoms in total. The smallest absolute Gasteiger partial charge is 0.0227 e. The van der Waals surface area contributed by atoms with Crippen LogP contribution < -0.4 is 0 Å². The van der Waals surface area contributed by atoms with Gasteiger partial charge < -0.3 is 0 Å². The quantitative estimate of drug-likeness (QED) is 0.360. The molecule has 68 valence electrons. The van der Waals surface area contributed by atoms with Crippen LogP contribution in [0.5, 0.6) is 0 Å². The molecule has 0 aromatic rings. The largest absolute Gasteiger partial charge is 0.0815 e. The van der Waals surface area contributed by atoms with E-state index in [1.54, 1.807) is 0 Å². The Morgan fingerprint density at radius 2 is 1.64 bits per heavy atom. The molecule has 0 aromatic heterocycles. The summed E-state index contributed by atoms with van der Waals surface area (Å²) in [5, 5.41) is 0. The molecule has 0 heterocycles. The topological polar surface area (TPSA) is 0 Å². The van der Waals surface area contributed by atoms with Gasteiger partial charge in [0.15, 0.2) is 0 Å². The molecule has 0 bridgehead atoms. The molecule has 2 atom stereocenters. The maximum Gasteiger partial charge on any atom is 0.0227 e. The van der Waals surface area contributed by atoms with Gasteiger partial charge in [-0.2, -0.15) is 0 Å². The van der Waals surface area contributed by atoms with Gasteiger partial charge in [0.25, 0.3) is 0 Å². The van der Waals surface area contributed by atoms with Crippen molar-refractivity contribution in [2.45, 2.75) is 53.8 Å². The normalized spacial score (nSPS) is 16.4. The Bertz CT molecular complexity index is 83.6. The highest BCUT2D eigenvalue weighted by molar-refractivity contribution is 14.1. The Morgan fingerprint density at radius 3 is 2.09 bits per heavy atom. The first-order valence-corrected chi connectivity index (χ1v) is 6.99. The highest BCUT2D eigenvalue weighted by atomic mass is 127. The van der Waals surface area contributed by atoms with Gasteiger partial charge in [-0.25, -0.2) is 0 Å². The second-order valence-electron chi connectivity index (χ2n) is 2.94. The Balaban J connectivity index is 3.28. The zero-order valence-corrected chi connectivity index (χ0v) is 11.8. The second-order valence-corrected chi connectivity index (χ2v) is 6.14. The van der Waals surface area contributed by atoms with Crippen molar-refractivity contribution in [3.8, 4) is 0 Å². The van der Waals surface area contributed by atoms with Crippen molar-refractivity contribution in [1.82, 2.24) is 0 Å². The summed E-state index contributed by atoms with van der Waals surface area (Å²) in [4.78, 5) is 0. The number of hydrogen-bond donors (Lipinski definition) is 0. The minimum atomic E-state index is 0.880. The van der Waals surface area contributed by atoms with Crippen LogP contribution in [-0.4, -0.2) is 7.85 Å². The highest BCUT2D eigenvalue weighted by Gasteiger charge is 2.11. The van der Waals surface area contributed by atoms with E-state index in [-0.39, 0.29) is 0 Å². The van der Waals surface area contributed by atoms with Crippen LogP contribution in [-0.2, 0) is 0 Å². The van der Waals surface area contributed by atoms with Crippen LogP contribution in [0.4, 0.5) is 0 Å². The molecule has 0 aromatic carbocycles. The monoisotopic (exact) mass is 380 g/mol. The van der Waals surface area contributed by atoms with E-state index in [0.717, 1.165) is 7.85 Å².